The molecule has 0 aliphatic rings. The van der Waals surface area contributed by atoms with Crippen molar-refractivity contribution in [2.45, 2.75) is 33.2 Å². The molecule has 1 heterocycles. The molecule has 3 nitrogen and oxygen atoms in total. The van der Waals surface area contributed by atoms with Gasteiger partial charge in [-0.25, -0.2) is 0 Å². The van der Waals surface area contributed by atoms with Crippen LogP contribution in [0, 0.1) is 0 Å². The Bertz CT molecular complexity index is 347. The normalized spacial score (nSPS) is 10.8. The van der Waals surface area contributed by atoms with Crippen LogP contribution in [0.1, 0.15) is 35.3 Å². The Hall–Kier alpha value is -0.870. The highest BCUT2D eigenvalue weighted by atomic mass is 32.1. The first kappa shape index (κ1) is 13.2. The van der Waals surface area contributed by atoms with Gasteiger partial charge in [0.1, 0.15) is 0 Å². The van der Waals surface area contributed by atoms with Crippen LogP contribution in [0.15, 0.2) is 12.1 Å². The Labute approximate surface area is 101 Å². The molecule has 0 spiro atoms. The number of rotatable bonds is 5. The van der Waals surface area contributed by atoms with E-state index in [0.29, 0.717) is 6.54 Å². The zero-order chi connectivity index (χ0) is 12.1. The summed E-state index contributed by atoms with van der Waals surface area (Å²) in [7, 11) is 0. The van der Waals surface area contributed by atoms with E-state index in [-0.39, 0.29) is 18.6 Å². The molecule has 1 amide bonds. The van der Waals surface area contributed by atoms with Crippen molar-refractivity contribution in [1.29, 1.82) is 0 Å². The molecule has 16 heavy (non-hydrogen) atoms. The maximum Gasteiger partial charge on any atom is 0.264 e. The van der Waals surface area contributed by atoms with Crippen molar-refractivity contribution in [3.63, 3.8) is 0 Å². The first-order valence-corrected chi connectivity index (χ1v) is 6.42. The van der Waals surface area contributed by atoms with Crippen molar-refractivity contribution in [3.8, 4) is 0 Å². The highest BCUT2D eigenvalue weighted by Crippen LogP contribution is 2.19. The Morgan fingerprint density at radius 2 is 2.19 bits per heavy atom. The molecular formula is C12H19NO2S. The second kappa shape index (κ2) is 6.01. The van der Waals surface area contributed by atoms with Gasteiger partial charge in [-0.3, -0.25) is 4.79 Å². The number of hydrogen-bond donors (Lipinski definition) is 1. The minimum absolute atomic E-state index is 0.00985. The van der Waals surface area contributed by atoms with E-state index in [1.807, 2.05) is 26.0 Å². The van der Waals surface area contributed by atoms with Crippen LogP contribution in [-0.2, 0) is 6.42 Å². The van der Waals surface area contributed by atoms with Crippen molar-refractivity contribution in [2.75, 3.05) is 13.2 Å². The molecule has 0 saturated heterocycles. The average Bonchev–Trinajstić information content (AvgIpc) is 2.73. The Morgan fingerprint density at radius 3 is 2.62 bits per heavy atom. The molecule has 0 fully saturated rings. The highest BCUT2D eigenvalue weighted by Gasteiger charge is 2.19. The summed E-state index contributed by atoms with van der Waals surface area (Å²) in [5, 5.41) is 8.94. The largest absolute Gasteiger partial charge is 0.395 e. The zero-order valence-corrected chi connectivity index (χ0v) is 10.9. The van der Waals surface area contributed by atoms with E-state index in [9.17, 15) is 4.79 Å². The fourth-order valence-electron chi connectivity index (χ4n) is 1.53. The SMILES string of the molecule is CCc1ccc(C(=O)N(CCO)C(C)C)s1. The van der Waals surface area contributed by atoms with E-state index in [4.69, 9.17) is 5.11 Å². The molecule has 0 aromatic carbocycles. The van der Waals surface area contributed by atoms with Gasteiger partial charge in [0.05, 0.1) is 11.5 Å². The molecule has 90 valence electrons. The fraction of sp³-hybridized carbons (Fsp3) is 0.583. The smallest absolute Gasteiger partial charge is 0.264 e. The number of nitrogens with zero attached hydrogens (tertiary/aromatic N) is 1. The molecule has 0 unspecified atom stereocenters. The Balaban J connectivity index is 2.81. The third kappa shape index (κ3) is 3.06. The lowest BCUT2D eigenvalue weighted by atomic mass is 10.3. The topological polar surface area (TPSA) is 40.5 Å². The zero-order valence-electron chi connectivity index (χ0n) is 10.1. The van der Waals surface area contributed by atoms with Gasteiger partial charge >= 0.3 is 0 Å². The van der Waals surface area contributed by atoms with E-state index in [1.165, 1.54) is 16.2 Å². The maximum atomic E-state index is 12.1. The molecule has 1 N–H and O–H groups in total. The van der Waals surface area contributed by atoms with E-state index in [2.05, 4.69) is 6.92 Å². The van der Waals surface area contributed by atoms with E-state index in [1.54, 1.807) is 4.90 Å². The molecule has 0 atom stereocenters. The minimum Gasteiger partial charge on any atom is -0.395 e. The van der Waals surface area contributed by atoms with Crippen LogP contribution in [0.25, 0.3) is 0 Å². The number of carbonyl (C=O) groups excluding carboxylic acids is 1. The van der Waals surface area contributed by atoms with Gasteiger partial charge in [0.2, 0.25) is 0 Å². The monoisotopic (exact) mass is 241 g/mol. The van der Waals surface area contributed by atoms with Gasteiger partial charge in [-0.1, -0.05) is 6.92 Å². The number of thiophene rings is 1. The first-order valence-electron chi connectivity index (χ1n) is 5.60. The lowest BCUT2D eigenvalue weighted by Crippen LogP contribution is -2.38. The molecule has 0 aliphatic carbocycles. The number of aryl methyl sites for hydroxylation is 1. The summed E-state index contributed by atoms with van der Waals surface area (Å²) in [6.07, 6.45) is 0.958. The highest BCUT2D eigenvalue weighted by molar-refractivity contribution is 7.14. The average molecular weight is 241 g/mol. The third-order valence-electron chi connectivity index (χ3n) is 2.45. The van der Waals surface area contributed by atoms with E-state index < -0.39 is 0 Å². The summed E-state index contributed by atoms with van der Waals surface area (Å²) in [6, 6.07) is 3.99. The van der Waals surface area contributed by atoms with Crippen molar-refractivity contribution in [3.05, 3.63) is 21.9 Å². The summed E-state index contributed by atoms with van der Waals surface area (Å²) in [4.78, 5) is 15.8. The van der Waals surface area contributed by atoms with Crippen molar-refractivity contribution < 1.29 is 9.90 Å². The summed E-state index contributed by atoms with van der Waals surface area (Å²) < 4.78 is 0. The summed E-state index contributed by atoms with van der Waals surface area (Å²) in [5.74, 6) is 0.0220. The molecule has 0 saturated carbocycles. The molecule has 0 bridgehead atoms. The minimum atomic E-state index is 0.00985. The predicted molar refractivity (Wildman–Crippen MR) is 67.0 cm³/mol. The summed E-state index contributed by atoms with van der Waals surface area (Å²) >= 11 is 1.54. The molecule has 1 aromatic heterocycles. The lowest BCUT2D eigenvalue weighted by Gasteiger charge is -2.25. The van der Waals surface area contributed by atoms with Gasteiger partial charge < -0.3 is 10.0 Å². The van der Waals surface area contributed by atoms with Gasteiger partial charge in [-0.05, 0) is 32.4 Å². The summed E-state index contributed by atoms with van der Waals surface area (Å²) in [5.41, 5.74) is 0. The second-order valence-electron chi connectivity index (χ2n) is 3.94. The van der Waals surface area contributed by atoms with Crippen LogP contribution in [0.2, 0.25) is 0 Å². The standard InChI is InChI=1S/C12H19NO2S/c1-4-10-5-6-11(16-10)12(15)13(7-8-14)9(2)3/h5-6,9,14H,4,7-8H2,1-3H3. The fourth-order valence-corrected chi connectivity index (χ4v) is 2.43. The lowest BCUT2D eigenvalue weighted by molar-refractivity contribution is 0.0670. The number of hydrogen-bond acceptors (Lipinski definition) is 3. The van der Waals surface area contributed by atoms with Crippen LogP contribution in [-0.4, -0.2) is 35.1 Å². The maximum absolute atomic E-state index is 12.1. The molecule has 0 aliphatic heterocycles. The van der Waals surface area contributed by atoms with Gasteiger partial charge in [-0.15, -0.1) is 11.3 Å². The van der Waals surface area contributed by atoms with Crippen molar-refractivity contribution >= 4 is 17.2 Å². The van der Waals surface area contributed by atoms with Gasteiger partial charge in [0.25, 0.3) is 5.91 Å². The quantitative estimate of drug-likeness (QED) is 0.858. The van der Waals surface area contributed by atoms with E-state index in [0.717, 1.165) is 11.3 Å². The number of aliphatic hydroxyl groups is 1. The van der Waals surface area contributed by atoms with Gasteiger partial charge in [-0.2, -0.15) is 0 Å². The van der Waals surface area contributed by atoms with Gasteiger partial charge in [0, 0.05) is 17.5 Å². The molecular weight excluding hydrogens is 222 g/mol. The van der Waals surface area contributed by atoms with Crippen LogP contribution in [0.4, 0.5) is 0 Å². The number of aliphatic hydroxyl groups excluding tert-OH is 1. The Kier molecular flexibility index (Phi) is 4.96. The van der Waals surface area contributed by atoms with Gasteiger partial charge in [0.15, 0.2) is 0 Å². The predicted octanol–water partition coefficient (Wildman–Crippen LogP) is 2.15. The summed E-state index contributed by atoms with van der Waals surface area (Å²) in [6.45, 7) is 6.41. The van der Waals surface area contributed by atoms with Crippen molar-refractivity contribution in [1.82, 2.24) is 4.90 Å². The van der Waals surface area contributed by atoms with Crippen LogP contribution >= 0.6 is 11.3 Å². The van der Waals surface area contributed by atoms with Crippen LogP contribution in [0.3, 0.4) is 0 Å². The number of carbonyl (C=O) groups is 1. The van der Waals surface area contributed by atoms with Crippen molar-refractivity contribution in [2.24, 2.45) is 0 Å². The molecule has 0 radical (unpaired) electrons. The third-order valence-corrected chi connectivity index (χ3v) is 3.66. The van der Waals surface area contributed by atoms with E-state index >= 15 is 0 Å². The second-order valence-corrected chi connectivity index (χ2v) is 5.10. The molecule has 4 heteroatoms. The Morgan fingerprint density at radius 1 is 1.50 bits per heavy atom. The molecule has 1 rings (SSSR count). The van der Waals surface area contributed by atoms with Crippen LogP contribution in [0.5, 0.6) is 0 Å². The van der Waals surface area contributed by atoms with Crippen LogP contribution < -0.4 is 0 Å². The number of amides is 1. The first-order chi connectivity index (χ1) is 7.60. The molecule has 1 aromatic rings.